The lowest BCUT2D eigenvalue weighted by Gasteiger charge is -2.24. The van der Waals surface area contributed by atoms with Crippen molar-refractivity contribution in [3.8, 4) is 0 Å². The molecule has 0 aliphatic heterocycles. The molecule has 0 amide bonds. The van der Waals surface area contributed by atoms with Crippen molar-refractivity contribution in [3.05, 3.63) is 35.4 Å². The fraction of sp³-hybridized carbons (Fsp3) is 0.364. The number of rotatable bonds is 3. The van der Waals surface area contributed by atoms with Crippen molar-refractivity contribution >= 4 is 6.47 Å². The summed E-state index contributed by atoms with van der Waals surface area (Å²) in [5.41, 5.74) is 1.54. The Kier molecular flexibility index (Phi) is 2.71. The zero-order chi connectivity index (χ0) is 9.90. The third-order valence-corrected chi connectivity index (χ3v) is 2.09. The number of carbonyl (C=O) groups excluding carboxylic acids is 1. The van der Waals surface area contributed by atoms with E-state index in [9.17, 15) is 4.79 Å². The molecule has 1 aromatic carbocycles. The Morgan fingerprint density at radius 3 is 2.46 bits per heavy atom. The second-order valence-electron chi connectivity index (χ2n) is 3.51. The van der Waals surface area contributed by atoms with Gasteiger partial charge in [0.1, 0.15) is 5.60 Å². The molecule has 2 nitrogen and oxygen atoms in total. The van der Waals surface area contributed by atoms with Gasteiger partial charge >= 0.3 is 6.47 Å². The van der Waals surface area contributed by atoms with Gasteiger partial charge in [-0.25, -0.2) is 4.79 Å². The van der Waals surface area contributed by atoms with Crippen LogP contribution in [0.3, 0.4) is 0 Å². The van der Waals surface area contributed by atoms with Crippen LogP contribution in [0.25, 0.3) is 0 Å². The second kappa shape index (κ2) is 3.60. The second-order valence-corrected chi connectivity index (χ2v) is 3.51. The molecule has 0 spiro atoms. The van der Waals surface area contributed by atoms with E-state index in [1.54, 1.807) is 0 Å². The maximum Gasteiger partial charge on any atom is 0.418 e. The smallest absolute Gasteiger partial charge is 0.418 e. The predicted molar refractivity (Wildman–Crippen MR) is 51.0 cm³/mol. The van der Waals surface area contributed by atoms with Crippen molar-refractivity contribution in [1.82, 2.24) is 0 Å². The van der Waals surface area contributed by atoms with Gasteiger partial charge in [0.25, 0.3) is 0 Å². The molecule has 0 unspecified atom stereocenters. The van der Waals surface area contributed by atoms with Crippen molar-refractivity contribution in [3.63, 3.8) is 0 Å². The van der Waals surface area contributed by atoms with Gasteiger partial charge in [0.2, 0.25) is 0 Å². The maximum absolute atomic E-state index is 10.2. The molecule has 69 valence electrons. The third-order valence-electron chi connectivity index (χ3n) is 2.09. The molecule has 13 heavy (non-hydrogen) atoms. The summed E-state index contributed by atoms with van der Waals surface area (Å²) in [5.74, 6) is 0. The first-order chi connectivity index (χ1) is 6.08. The summed E-state index contributed by atoms with van der Waals surface area (Å²) < 4.78 is 4.89. The van der Waals surface area contributed by atoms with E-state index in [1.165, 1.54) is 6.47 Å². The lowest BCUT2D eigenvalue weighted by Crippen LogP contribution is -2.21. The normalized spacial score (nSPS) is 11.0. The Morgan fingerprint density at radius 2 is 1.92 bits per heavy atom. The number of hydrogen-bond acceptors (Lipinski definition) is 2. The van der Waals surface area contributed by atoms with E-state index >= 15 is 0 Å². The Balaban J connectivity index is 3.06. The molecular formula is C11H13O2. The molecule has 0 bridgehead atoms. The maximum atomic E-state index is 10.2. The van der Waals surface area contributed by atoms with E-state index in [4.69, 9.17) is 4.74 Å². The number of hydrogen-bond donors (Lipinski definition) is 0. The van der Waals surface area contributed by atoms with Crippen molar-refractivity contribution in [2.24, 2.45) is 0 Å². The summed E-state index contributed by atoms with van der Waals surface area (Å²) in [5, 5.41) is 0. The van der Waals surface area contributed by atoms with Gasteiger partial charge in [-0.15, -0.1) is 0 Å². The highest BCUT2D eigenvalue weighted by molar-refractivity contribution is 5.42. The molecule has 0 aliphatic rings. The van der Waals surface area contributed by atoms with Gasteiger partial charge in [-0.05, 0) is 31.9 Å². The highest BCUT2D eigenvalue weighted by Crippen LogP contribution is 2.26. The highest BCUT2D eigenvalue weighted by Gasteiger charge is 2.23. The van der Waals surface area contributed by atoms with Crippen LogP contribution in [0.1, 0.15) is 25.0 Å². The summed E-state index contributed by atoms with van der Waals surface area (Å²) in [7, 11) is 0. The summed E-state index contributed by atoms with van der Waals surface area (Å²) in [6, 6.07) is 7.83. The number of aryl methyl sites for hydroxylation is 1. The average Bonchev–Trinajstić information content (AvgIpc) is 2.04. The third kappa shape index (κ3) is 2.08. The molecule has 0 saturated carbocycles. The molecule has 0 heterocycles. The van der Waals surface area contributed by atoms with Crippen LogP contribution in [0.2, 0.25) is 0 Å². The average molecular weight is 177 g/mol. The molecule has 1 radical (unpaired) electrons. The minimum atomic E-state index is -0.590. The van der Waals surface area contributed by atoms with E-state index in [-0.39, 0.29) is 0 Å². The molecule has 0 atom stereocenters. The lowest BCUT2D eigenvalue weighted by molar-refractivity contribution is 0.0872. The van der Waals surface area contributed by atoms with E-state index in [2.05, 4.69) is 0 Å². The molecule has 1 rings (SSSR count). The van der Waals surface area contributed by atoms with Gasteiger partial charge in [-0.1, -0.05) is 24.3 Å². The SMILES string of the molecule is Cc1ccccc1C(C)(C)O[C]=O. The summed E-state index contributed by atoms with van der Waals surface area (Å²) in [4.78, 5) is 10.2. The Morgan fingerprint density at radius 1 is 1.31 bits per heavy atom. The van der Waals surface area contributed by atoms with E-state index in [0.717, 1.165) is 11.1 Å². The van der Waals surface area contributed by atoms with Crippen LogP contribution in [0.15, 0.2) is 24.3 Å². The number of benzene rings is 1. The lowest BCUT2D eigenvalue weighted by atomic mass is 9.94. The Hall–Kier alpha value is -1.31. The predicted octanol–water partition coefficient (Wildman–Crippen LogP) is 2.31. The van der Waals surface area contributed by atoms with Gasteiger partial charge in [0.05, 0.1) is 0 Å². The molecule has 0 aliphatic carbocycles. The summed E-state index contributed by atoms with van der Waals surface area (Å²) in [6.07, 6.45) is 0. The molecule has 0 aromatic heterocycles. The Labute approximate surface area is 78.5 Å². The zero-order valence-electron chi connectivity index (χ0n) is 8.13. The number of ether oxygens (including phenoxy) is 1. The van der Waals surface area contributed by atoms with Crippen LogP contribution in [-0.4, -0.2) is 6.47 Å². The van der Waals surface area contributed by atoms with Crippen molar-refractivity contribution in [2.75, 3.05) is 0 Å². The van der Waals surface area contributed by atoms with Crippen LogP contribution >= 0.6 is 0 Å². The van der Waals surface area contributed by atoms with Crippen LogP contribution in [0.5, 0.6) is 0 Å². The van der Waals surface area contributed by atoms with Gasteiger partial charge in [-0.3, -0.25) is 0 Å². The first-order valence-corrected chi connectivity index (χ1v) is 4.19. The van der Waals surface area contributed by atoms with Crippen LogP contribution < -0.4 is 0 Å². The van der Waals surface area contributed by atoms with Crippen LogP contribution in [0, 0.1) is 6.92 Å². The van der Waals surface area contributed by atoms with E-state index < -0.39 is 5.60 Å². The van der Waals surface area contributed by atoms with Crippen LogP contribution in [-0.2, 0) is 15.1 Å². The monoisotopic (exact) mass is 177 g/mol. The fourth-order valence-electron chi connectivity index (χ4n) is 1.41. The first kappa shape index (κ1) is 9.78. The molecule has 2 heteroatoms. The van der Waals surface area contributed by atoms with Gasteiger partial charge in [-0.2, -0.15) is 0 Å². The molecular weight excluding hydrogens is 164 g/mol. The summed E-state index contributed by atoms with van der Waals surface area (Å²) >= 11 is 0. The molecule has 0 N–H and O–H groups in total. The summed E-state index contributed by atoms with van der Waals surface area (Å²) in [6.45, 7) is 7.17. The van der Waals surface area contributed by atoms with Crippen LogP contribution in [0.4, 0.5) is 0 Å². The minimum Gasteiger partial charge on any atom is -0.446 e. The van der Waals surface area contributed by atoms with E-state index in [1.807, 2.05) is 45.0 Å². The standard InChI is InChI=1S/C11H13O2/c1-9-6-4-5-7-10(9)11(2,3)13-8-12/h4-7H,1-3H3. The quantitative estimate of drug-likeness (QED) is 0.708. The van der Waals surface area contributed by atoms with Gasteiger partial charge in [0.15, 0.2) is 0 Å². The molecule has 1 aromatic rings. The molecule has 0 fully saturated rings. The fourth-order valence-corrected chi connectivity index (χ4v) is 1.41. The van der Waals surface area contributed by atoms with Crippen molar-refractivity contribution in [1.29, 1.82) is 0 Å². The van der Waals surface area contributed by atoms with E-state index in [0.29, 0.717) is 0 Å². The van der Waals surface area contributed by atoms with Crippen molar-refractivity contribution in [2.45, 2.75) is 26.4 Å². The van der Waals surface area contributed by atoms with Crippen molar-refractivity contribution < 1.29 is 9.53 Å². The topological polar surface area (TPSA) is 26.3 Å². The first-order valence-electron chi connectivity index (χ1n) is 4.19. The van der Waals surface area contributed by atoms with Gasteiger partial charge in [0, 0.05) is 0 Å². The molecule has 0 saturated heterocycles. The van der Waals surface area contributed by atoms with Gasteiger partial charge < -0.3 is 4.74 Å². The minimum absolute atomic E-state index is 0.590. The zero-order valence-corrected chi connectivity index (χ0v) is 8.13. The largest absolute Gasteiger partial charge is 0.446 e. The highest BCUT2D eigenvalue weighted by atomic mass is 16.5. The Bertz CT molecular complexity index is 303.